The van der Waals surface area contributed by atoms with Crippen LogP contribution in [0, 0.1) is 0 Å². The molecule has 2 atom stereocenters. The van der Waals surface area contributed by atoms with Gasteiger partial charge < -0.3 is 5.32 Å². The Morgan fingerprint density at radius 3 is 2.59 bits per heavy atom. The number of fused-ring (bicyclic) bond motifs is 1. The molecule has 2 aromatic rings. The van der Waals surface area contributed by atoms with E-state index in [-0.39, 0.29) is 5.91 Å². The van der Waals surface area contributed by atoms with Gasteiger partial charge in [0.1, 0.15) is 0 Å². The van der Waals surface area contributed by atoms with Gasteiger partial charge in [0.2, 0.25) is 5.91 Å². The van der Waals surface area contributed by atoms with Crippen LogP contribution < -0.4 is 5.32 Å². The molecule has 0 aromatic heterocycles. The SMILES string of the molecule is CC(=O)Nc1ccc2c(c1)C(c1ccccc1)[C@H](C)N(C)C2. The molecule has 22 heavy (non-hydrogen) atoms. The van der Waals surface area contributed by atoms with Gasteiger partial charge in [0.25, 0.3) is 0 Å². The molecule has 0 radical (unpaired) electrons. The summed E-state index contributed by atoms with van der Waals surface area (Å²) in [6.07, 6.45) is 0. The predicted molar refractivity (Wildman–Crippen MR) is 90.0 cm³/mol. The highest BCUT2D eigenvalue weighted by Gasteiger charge is 2.31. The Hall–Kier alpha value is -2.13. The fraction of sp³-hybridized carbons (Fsp3) is 0.316. The highest BCUT2D eigenvalue weighted by molar-refractivity contribution is 5.88. The number of likely N-dealkylation sites (N-methyl/N-ethyl adjacent to an activating group) is 1. The zero-order chi connectivity index (χ0) is 15.7. The summed E-state index contributed by atoms with van der Waals surface area (Å²) >= 11 is 0. The minimum Gasteiger partial charge on any atom is -0.326 e. The summed E-state index contributed by atoms with van der Waals surface area (Å²) in [6, 6.07) is 17.3. The third-order valence-electron chi connectivity index (χ3n) is 4.56. The van der Waals surface area contributed by atoms with Crippen molar-refractivity contribution in [3.8, 4) is 0 Å². The summed E-state index contributed by atoms with van der Waals surface area (Å²) in [7, 11) is 2.17. The first-order valence-electron chi connectivity index (χ1n) is 7.72. The van der Waals surface area contributed by atoms with E-state index in [0.29, 0.717) is 12.0 Å². The Bertz CT molecular complexity index is 681. The molecule has 114 valence electrons. The minimum absolute atomic E-state index is 0.0304. The van der Waals surface area contributed by atoms with Crippen molar-refractivity contribution in [3.05, 3.63) is 65.2 Å². The Labute approximate surface area is 132 Å². The van der Waals surface area contributed by atoms with E-state index in [9.17, 15) is 4.79 Å². The number of anilines is 1. The molecular formula is C19H22N2O. The number of carbonyl (C=O) groups excluding carboxylic acids is 1. The quantitative estimate of drug-likeness (QED) is 0.917. The molecule has 0 aliphatic carbocycles. The van der Waals surface area contributed by atoms with Crippen LogP contribution in [0.15, 0.2) is 48.5 Å². The third kappa shape index (κ3) is 2.77. The predicted octanol–water partition coefficient (Wildman–Crippen LogP) is 3.61. The number of hydrogen-bond donors (Lipinski definition) is 1. The van der Waals surface area contributed by atoms with Gasteiger partial charge in [-0.2, -0.15) is 0 Å². The largest absolute Gasteiger partial charge is 0.326 e. The zero-order valence-electron chi connectivity index (χ0n) is 13.3. The Morgan fingerprint density at radius 1 is 1.18 bits per heavy atom. The summed E-state index contributed by atoms with van der Waals surface area (Å²) in [5.41, 5.74) is 4.86. The molecule has 1 N–H and O–H groups in total. The summed E-state index contributed by atoms with van der Waals surface area (Å²) in [6.45, 7) is 4.76. The van der Waals surface area contributed by atoms with Gasteiger partial charge in [0.05, 0.1) is 0 Å². The van der Waals surface area contributed by atoms with Crippen molar-refractivity contribution in [3.63, 3.8) is 0 Å². The number of amides is 1. The Balaban J connectivity index is 2.08. The van der Waals surface area contributed by atoms with Crippen molar-refractivity contribution in [2.75, 3.05) is 12.4 Å². The Kier molecular flexibility index (Phi) is 3.99. The maximum Gasteiger partial charge on any atom is 0.221 e. The molecule has 1 amide bonds. The van der Waals surface area contributed by atoms with Crippen LogP contribution in [0.4, 0.5) is 5.69 Å². The number of carbonyl (C=O) groups is 1. The van der Waals surface area contributed by atoms with Crippen molar-refractivity contribution < 1.29 is 4.79 Å². The van der Waals surface area contributed by atoms with Crippen LogP contribution in [0.2, 0.25) is 0 Å². The summed E-state index contributed by atoms with van der Waals surface area (Å²) < 4.78 is 0. The molecule has 0 bridgehead atoms. The highest BCUT2D eigenvalue weighted by Crippen LogP contribution is 2.38. The van der Waals surface area contributed by atoms with Crippen molar-refractivity contribution >= 4 is 11.6 Å². The van der Waals surface area contributed by atoms with Crippen molar-refractivity contribution in [2.24, 2.45) is 0 Å². The van der Waals surface area contributed by atoms with E-state index >= 15 is 0 Å². The van der Waals surface area contributed by atoms with Gasteiger partial charge in [0.15, 0.2) is 0 Å². The highest BCUT2D eigenvalue weighted by atomic mass is 16.1. The molecule has 0 fully saturated rings. The van der Waals surface area contributed by atoms with E-state index in [1.54, 1.807) is 6.92 Å². The first-order chi connectivity index (χ1) is 10.6. The van der Waals surface area contributed by atoms with Crippen LogP contribution in [-0.4, -0.2) is 23.9 Å². The van der Waals surface area contributed by atoms with Gasteiger partial charge in [-0.05, 0) is 42.8 Å². The summed E-state index contributed by atoms with van der Waals surface area (Å²) in [4.78, 5) is 13.7. The average Bonchev–Trinajstić information content (AvgIpc) is 2.49. The molecule has 1 aliphatic heterocycles. The van der Waals surface area contributed by atoms with Gasteiger partial charge in [-0.25, -0.2) is 0 Å². The Morgan fingerprint density at radius 2 is 1.91 bits per heavy atom. The fourth-order valence-electron chi connectivity index (χ4n) is 3.35. The first-order valence-corrected chi connectivity index (χ1v) is 7.72. The second-order valence-electron chi connectivity index (χ2n) is 6.14. The lowest BCUT2D eigenvalue weighted by Gasteiger charge is -2.39. The van der Waals surface area contributed by atoms with Crippen LogP contribution in [0.3, 0.4) is 0 Å². The number of benzene rings is 2. The second-order valence-corrected chi connectivity index (χ2v) is 6.14. The second kappa shape index (κ2) is 5.93. The number of hydrogen-bond acceptors (Lipinski definition) is 2. The molecule has 3 rings (SSSR count). The average molecular weight is 294 g/mol. The number of nitrogens with one attached hydrogen (secondary N) is 1. The topological polar surface area (TPSA) is 32.3 Å². The molecular weight excluding hydrogens is 272 g/mol. The number of nitrogens with zero attached hydrogens (tertiary/aromatic N) is 1. The molecule has 1 aliphatic rings. The normalized spacial score (nSPS) is 21.2. The fourth-order valence-corrected chi connectivity index (χ4v) is 3.35. The third-order valence-corrected chi connectivity index (χ3v) is 4.56. The van der Waals surface area contributed by atoms with Gasteiger partial charge >= 0.3 is 0 Å². The molecule has 3 heteroatoms. The maximum atomic E-state index is 11.3. The van der Waals surface area contributed by atoms with E-state index in [0.717, 1.165) is 12.2 Å². The van der Waals surface area contributed by atoms with Crippen molar-refractivity contribution in [1.29, 1.82) is 0 Å². The van der Waals surface area contributed by atoms with Gasteiger partial charge in [0, 0.05) is 31.1 Å². The smallest absolute Gasteiger partial charge is 0.221 e. The lowest BCUT2D eigenvalue weighted by molar-refractivity contribution is -0.114. The lowest BCUT2D eigenvalue weighted by Crippen LogP contribution is -2.39. The van der Waals surface area contributed by atoms with Gasteiger partial charge in [-0.3, -0.25) is 9.69 Å². The summed E-state index contributed by atoms with van der Waals surface area (Å²) in [5.74, 6) is 0.292. The van der Waals surface area contributed by atoms with Crippen molar-refractivity contribution in [2.45, 2.75) is 32.4 Å². The van der Waals surface area contributed by atoms with Crippen LogP contribution in [0.1, 0.15) is 36.5 Å². The van der Waals surface area contributed by atoms with Crippen LogP contribution in [0.5, 0.6) is 0 Å². The lowest BCUT2D eigenvalue weighted by atomic mass is 9.79. The molecule has 0 spiro atoms. The first kappa shape index (κ1) is 14.8. The molecule has 0 saturated heterocycles. The van der Waals surface area contributed by atoms with Gasteiger partial charge in [-0.15, -0.1) is 0 Å². The molecule has 1 unspecified atom stereocenters. The molecule has 1 heterocycles. The van der Waals surface area contributed by atoms with E-state index < -0.39 is 0 Å². The minimum atomic E-state index is -0.0304. The standard InChI is InChI=1S/C19H22N2O/c1-13-19(15-7-5-4-6-8-15)18-11-17(20-14(2)22)10-9-16(18)12-21(13)3/h4-11,13,19H,12H2,1-3H3,(H,20,22)/t13-,19?/m0/s1. The van der Waals surface area contributed by atoms with Crippen LogP contribution in [-0.2, 0) is 11.3 Å². The number of rotatable bonds is 2. The van der Waals surface area contributed by atoms with E-state index in [1.807, 2.05) is 6.07 Å². The monoisotopic (exact) mass is 294 g/mol. The van der Waals surface area contributed by atoms with Gasteiger partial charge in [-0.1, -0.05) is 36.4 Å². The van der Waals surface area contributed by atoms with E-state index in [2.05, 4.69) is 66.7 Å². The molecule has 2 aromatic carbocycles. The van der Waals surface area contributed by atoms with E-state index in [4.69, 9.17) is 0 Å². The van der Waals surface area contributed by atoms with E-state index in [1.165, 1.54) is 16.7 Å². The van der Waals surface area contributed by atoms with Crippen LogP contribution >= 0.6 is 0 Å². The summed E-state index contributed by atoms with van der Waals surface area (Å²) in [5, 5.41) is 2.90. The molecule has 0 saturated carbocycles. The molecule has 3 nitrogen and oxygen atoms in total. The van der Waals surface area contributed by atoms with Crippen molar-refractivity contribution in [1.82, 2.24) is 4.90 Å². The van der Waals surface area contributed by atoms with Crippen LogP contribution in [0.25, 0.3) is 0 Å². The maximum absolute atomic E-state index is 11.3. The zero-order valence-corrected chi connectivity index (χ0v) is 13.3.